The van der Waals surface area contributed by atoms with E-state index in [1.807, 2.05) is 18.2 Å². The maximum atomic E-state index is 6.21. The molecule has 0 amide bonds. The van der Waals surface area contributed by atoms with E-state index in [2.05, 4.69) is 31.1 Å². The summed E-state index contributed by atoms with van der Waals surface area (Å²) >= 11 is 6.21. The van der Waals surface area contributed by atoms with Gasteiger partial charge in [-0.15, -0.1) is 0 Å². The molecule has 6 nitrogen and oxygen atoms in total. The third-order valence-corrected chi connectivity index (χ3v) is 5.21. The molecule has 0 bridgehead atoms. The molecule has 0 aliphatic carbocycles. The molecule has 0 atom stereocenters. The SMILES string of the molecule is CC(C)OCCCNc1nc(CN(C)C2CCOCC2)nc2ccc(Cl)cc12. The normalized spacial score (nSPS) is 15.6. The van der Waals surface area contributed by atoms with E-state index in [0.29, 0.717) is 17.6 Å². The van der Waals surface area contributed by atoms with E-state index in [0.717, 1.165) is 68.2 Å². The smallest absolute Gasteiger partial charge is 0.145 e. The second-order valence-electron chi connectivity index (χ2n) is 7.61. The molecule has 0 saturated carbocycles. The summed E-state index contributed by atoms with van der Waals surface area (Å²) in [6.45, 7) is 8.00. The molecule has 154 valence electrons. The largest absolute Gasteiger partial charge is 0.381 e. The molecule has 2 aromatic rings. The van der Waals surface area contributed by atoms with E-state index < -0.39 is 0 Å². The summed E-state index contributed by atoms with van der Waals surface area (Å²) in [5.74, 6) is 1.66. The Bertz CT molecular complexity index is 765. The van der Waals surface area contributed by atoms with Gasteiger partial charge in [-0.3, -0.25) is 4.90 Å². The lowest BCUT2D eigenvalue weighted by Gasteiger charge is -2.30. The van der Waals surface area contributed by atoms with Crippen LogP contribution in [0.2, 0.25) is 5.02 Å². The van der Waals surface area contributed by atoms with Crippen LogP contribution < -0.4 is 5.32 Å². The van der Waals surface area contributed by atoms with E-state index in [9.17, 15) is 0 Å². The van der Waals surface area contributed by atoms with Crippen LogP contribution in [0, 0.1) is 0 Å². The lowest BCUT2D eigenvalue weighted by atomic mass is 10.1. The average molecular weight is 407 g/mol. The van der Waals surface area contributed by atoms with E-state index in [4.69, 9.17) is 31.0 Å². The minimum absolute atomic E-state index is 0.256. The van der Waals surface area contributed by atoms with Gasteiger partial charge in [-0.05, 0) is 58.4 Å². The minimum Gasteiger partial charge on any atom is -0.381 e. The Balaban J connectivity index is 1.72. The number of hydrogen-bond acceptors (Lipinski definition) is 6. The predicted molar refractivity (Wildman–Crippen MR) is 114 cm³/mol. The standard InChI is InChI=1S/C21H31ClN4O2/c1-15(2)28-10-4-9-23-21-18-13-16(22)5-6-19(18)24-20(25-21)14-26(3)17-7-11-27-12-8-17/h5-6,13,15,17H,4,7-12,14H2,1-3H3,(H,23,24,25). The summed E-state index contributed by atoms with van der Waals surface area (Å²) in [7, 11) is 2.14. The summed E-state index contributed by atoms with van der Waals surface area (Å²) in [5.41, 5.74) is 0.913. The number of fused-ring (bicyclic) bond motifs is 1. The zero-order valence-electron chi connectivity index (χ0n) is 17.1. The maximum Gasteiger partial charge on any atom is 0.145 e. The van der Waals surface area contributed by atoms with Crippen molar-refractivity contribution in [3.63, 3.8) is 0 Å². The highest BCUT2D eigenvalue weighted by Gasteiger charge is 2.20. The molecule has 0 spiro atoms. The van der Waals surface area contributed by atoms with Gasteiger partial charge in [0, 0.05) is 42.8 Å². The lowest BCUT2D eigenvalue weighted by molar-refractivity contribution is 0.0399. The van der Waals surface area contributed by atoms with E-state index in [1.165, 1.54) is 0 Å². The average Bonchev–Trinajstić information content (AvgIpc) is 2.68. The maximum absolute atomic E-state index is 6.21. The third-order valence-electron chi connectivity index (χ3n) is 4.97. The van der Waals surface area contributed by atoms with Crippen molar-refractivity contribution in [3.05, 3.63) is 29.0 Å². The molecule has 1 N–H and O–H groups in total. The molecule has 1 fully saturated rings. The topological polar surface area (TPSA) is 59.5 Å². The summed E-state index contributed by atoms with van der Waals surface area (Å²) in [6.07, 6.45) is 3.29. The molecule has 2 heterocycles. The molecule has 1 aliphatic heterocycles. The first kappa shape index (κ1) is 21.2. The van der Waals surface area contributed by atoms with Gasteiger partial charge in [0.2, 0.25) is 0 Å². The zero-order chi connectivity index (χ0) is 19.9. The zero-order valence-corrected chi connectivity index (χ0v) is 17.8. The number of anilines is 1. The fourth-order valence-electron chi connectivity index (χ4n) is 3.43. The second-order valence-corrected chi connectivity index (χ2v) is 8.04. The second kappa shape index (κ2) is 10.3. The number of nitrogens with one attached hydrogen (secondary N) is 1. The van der Waals surface area contributed by atoms with Gasteiger partial charge >= 0.3 is 0 Å². The predicted octanol–water partition coefficient (Wildman–Crippen LogP) is 4.12. The van der Waals surface area contributed by atoms with Gasteiger partial charge < -0.3 is 14.8 Å². The van der Waals surface area contributed by atoms with Crippen LogP contribution in [0.4, 0.5) is 5.82 Å². The first-order chi connectivity index (χ1) is 13.5. The number of ether oxygens (including phenoxy) is 2. The molecule has 1 saturated heterocycles. The Hall–Kier alpha value is -1.47. The number of nitrogens with zero attached hydrogens (tertiary/aromatic N) is 3. The van der Waals surface area contributed by atoms with Gasteiger partial charge in [0.25, 0.3) is 0 Å². The Morgan fingerprint density at radius 2 is 2.07 bits per heavy atom. The third kappa shape index (κ3) is 6.01. The molecule has 1 aromatic heterocycles. The van der Waals surface area contributed by atoms with Crippen molar-refractivity contribution in [1.82, 2.24) is 14.9 Å². The number of aromatic nitrogens is 2. The minimum atomic E-state index is 0.256. The van der Waals surface area contributed by atoms with Gasteiger partial charge in [0.15, 0.2) is 0 Å². The van der Waals surface area contributed by atoms with Crippen LogP contribution in [0.3, 0.4) is 0 Å². The van der Waals surface area contributed by atoms with E-state index in [1.54, 1.807) is 0 Å². The van der Waals surface area contributed by atoms with Crippen LogP contribution >= 0.6 is 11.6 Å². The van der Waals surface area contributed by atoms with Crippen LogP contribution in [0.5, 0.6) is 0 Å². The fraction of sp³-hybridized carbons (Fsp3) is 0.619. The summed E-state index contributed by atoms with van der Waals surface area (Å²) in [4.78, 5) is 11.9. The Labute approximate surface area is 172 Å². The van der Waals surface area contributed by atoms with Crippen molar-refractivity contribution >= 4 is 28.3 Å². The number of halogens is 1. The van der Waals surface area contributed by atoms with Crippen molar-refractivity contribution in [3.8, 4) is 0 Å². The Morgan fingerprint density at radius 3 is 2.82 bits per heavy atom. The highest BCUT2D eigenvalue weighted by molar-refractivity contribution is 6.31. The quantitative estimate of drug-likeness (QED) is 0.632. The van der Waals surface area contributed by atoms with Crippen molar-refractivity contribution in [1.29, 1.82) is 0 Å². The van der Waals surface area contributed by atoms with Crippen LogP contribution in [0.15, 0.2) is 18.2 Å². The number of benzene rings is 1. The molecule has 7 heteroatoms. The van der Waals surface area contributed by atoms with Crippen molar-refractivity contribution in [2.24, 2.45) is 0 Å². The molecule has 1 aliphatic rings. The monoisotopic (exact) mass is 406 g/mol. The molecule has 0 radical (unpaired) electrons. The Kier molecular flexibility index (Phi) is 7.85. The highest BCUT2D eigenvalue weighted by atomic mass is 35.5. The summed E-state index contributed by atoms with van der Waals surface area (Å²) in [6, 6.07) is 6.28. The number of hydrogen-bond donors (Lipinski definition) is 1. The first-order valence-corrected chi connectivity index (χ1v) is 10.5. The van der Waals surface area contributed by atoms with Crippen molar-refractivity contribution in [2.75, 3.05) is 38.7 Å². The fourth-order valence-corrected chi connectivity index (χ4v) is 3.60. The highest BCUT2D eigenvalue weighted by Crippen LogP contribution is 2.25. The van der Waals surface area contributed by atoms with Crippen molar-refractivity contribution < 1.29 is 9.47 Å². The van der Waals surface area contributed by atoms with Crippen LogP contribution in [-0.2, 0) is 16.0 Å². The van der Waals surface area contributed by atoms with Gasteiger partial charge in [-0.25, -0.2) is 9.97 Å². The molecule has 3 rings (SSSR count). The Morgan fingerprint density at radius 1 is 1.29 bits per heavy atom. The number of rotatable bonds is 9. The molecule has 0 unspecified atom stereocenters. The molecule has 1 aromatic carbocycles. The van der Waals surface area contributed by atoms with E-state index >= 15 is 0 Å². The van der Waals surface area contributed by atoms with Gasteiger partial charge in [-0.1, -0.05) is 11.6 Å². The van der Waals surface area contributed by atoms with Crippen LogP contribution in [0.1, 0.15) is 38.9 Å². The lowest BCUT2D eigenvalue weighted by Crippen LogP contribution is -2.36. The van der Waals surface area contributed by atoms with E-state index in [-0.39, 0.29) is 6.10 Å². The molecular weight excluding hydrogens is 376 g/mol. The van der Waals surface area contributed by atoms with Gasteiger partial charge in [-0.2, -0.15) is 0 Å². The van der Waals surface area contributed by atoms with Gasteiger partial charge in [0.1, 0.15) is 11.6 Å². The molecular formula is C21H31ClN4O2. The van der Waals surface area contributed by atoms with Crippen molar-refractivity contribution in [2.45, 2.75) is 51.8 Å². The van der Waals surface area contributed by atoms with Crippen LogP contribution in [-0.4, -0.2) is 60.4 Å². The molecule has 28 heavy (non-hydrogen) atoms. The first-order valence-electron chi connectivity index (χ1n) is 10.1. The summed E-state index contributed by atoms with van der Waals surface area (Å²) in [5, 5.41) is 5.10. The van der Waals surface area contributed by atoms with Crippen LogP contribution in [0.25, 0.3) is 10.9 Å². The summed E-state index contributed by atoms with van der Waals surface area (Å²) < 4.78 is 11.1. The van der Waals surface area contributed by atoms with Gasteiger partial charge in [0.05, 0.1) is 18.2 Å².